The highest BCUT2D eigenvalue weighted by molar-refractivity contribution is 7.89. The van der Waals surface area contributed by atoms with Crippen LogP contribution in [-0.2, 0) is 32.6 Å². The molecule has 1 aromatic heterocycles. The summed E-state index contributed by atoms with van der Waals surface area (Å²) >= 11 is 0. The molecule has 0 saturated heterocycles. The Balaban J connectivity index is 1.31. The largest absolute Gasteiger partial charge is 0.492 e. The lowest BCUT2D eigenvalue weighted by Gasteiger charge is -2.24. The quantitative estimate of drug-likeness (QED) is 0.599. The van der Waals surface area contributed by atoms with Crippen LogP contribution in [0.25, 0.3) is 11.5 Å². The van der Waals surface area contributed by atoms with E-state index >= 15 is 0 Å². The zero-order chi connectivity index (χ0) is 21.8. The summed E-state index contributed by atoms with van der Waals surface area (Å²) in [5.74, 6) is -0.173. The van der Waals surface area contributed by atoms with Gasteiger partial charge in [0.25, 0.3) is 10.0 Å². The molecule has 0 aliphatic carbocycles. The molecule has 3 aromatic rings. The van der Waals surface area contributed by atoms with Crippen molar-refractivity contribution in [1.29, 1.82) is 0 Å². The lowest BCUT2D eigenvalue weighted by molar-refractivity contribution is -0.124. The number of ether oxygens (including phenoxy) is 2. The maximum atomic E-state index is 12.4. The minimum atomic E-state index is -3.97. The topological polar surface area (TPSA) is 108 Å². The van der Waals surface area contributed by atoms with Gasteiger partial charge in [0.05, 0.1) is 12.5 Å². The molecule has 1 amide bonds. The summed E-state index contributed by atoms with van der Waals surface area (Å²) < 4.78 is 43.1. The fourth-order valence-corrected chi connectivity index (χ4v) is 4.11. The Kier molecular flexibility index (Phi) is 6.06. The number of nitrogens with zero attached hydrogens (tertiary/aromatic N) is 1. The number of hydrogen-bond donors (Lipinski definition) is 1. The number of sulfonamides is 1. The summed E-state index contributed by atoms with van der Waals surface area (Å²) in [7, 11) is -3.97. The number of benzene rings is 2. The van der Waals surface area contributed by atoms with Gasteiger partial charge in [0.1, 0.15) is 23.8 Å². The molecule has 1 aliphatic heterocycles. The van der Waals surface area contributed by atoms with E-state index in [1.807, 2.05) is 54.6 Å². The zero-order valence-electron chi connectivity index (χ0n) is 16.9. The highest BCUT2D eigenvalue weighted by Crippen LogP contribution is 2.27. The number of fused-ring (bicyclic) bond motifs is 1. The van der Waals surface area contributed by atoms with Crippen LogP contribution in [0.4, 0.5) is 0 Å². The van der Waals surface area contributed by atoms with Gasteiger partial charge in [0, 0.05) is 5.56 Å². The zero-order valence-corrected chi connectivity index (χ0v) is 17.7. The Bertz CT molecular complexity index is 1170. The molecule has 2 heterocycles. The predicted octanol–water partition coefficient (Wildman–Crippen LogP) is 2.82. The Labute approximate surface area is 180 Å². The molecular weight excluding hydrogens is 420 g/mol. The van der Waals surface area contributed by atoms with Gasteiger partial charge in [-0.25, -0.2) is 13.4 Å². The first kappa shape index (κ1) is 21.1. The number of aryl methyl sites for hydroxylation is 1. The Morgan fingerprint density at radius 2 is 1.90 bits per heavy atom. The fourth-order valence-electron chi connectivity index (χ4n) is 3.28. The summed E-state index contributed by atoms with van der Waals surface area (Å²) in [5.41, 5.74) is 2.18. The lowest BCUT2D eigenvalue weighted by Crippen LogP contribution is -2.41. The van der Waals surface area contributed by atoms with Crippen LogP contribution < -0.4 is 9.46 Å². The third kappa shape index (κ3) is 5.12. The molecule has 0 fully saturated rings. The van der Waals surface area contributed by atoms with Gasteiger partial charge in [-0.1, -0.05) is 36.4 Å². The number of nitrogens with one attached hydrogen (secondary N) is 1. The number of rotatable bonds is 7. The van der Waals surface area contributed by atoms with E-state index in [-0.39, 0.29) is 13.2 Å². The normalized spacial score (nSPS) is 15.7. The van der Waals surface area contributed by atoms with Gasteiger partial charge in [0.15, 0.2) is 5.94 Å². The van der Waals surface area contributed by atoms with E-state index in [0.29, 0.717) is 23.8 Å². The van der Waals surface area contributed by atoms with Crippen LogP contribution in [0.1, 0.15) is 17.0 Å². The first-order valence-electron chi connectivity index (χ1n) is 9.76. The minimum absolute atomic E-state index is 0.0584. The molecule has 162 valence electrons. The first-order chi connectivity index (χ1) is 14.9. The highest BCUT2D eigenvalue weighted by atomic mass is 32.2. The van der Waals surface area contributed by atoms with E-state index in [2.05, 4.69) is 9.71 Å². The second-order valence-corrected chi connectivity index (χ2v) is 8.92. The van der Waals surface area contributed by atoms with E-state index < -0.39 is 27.8 Å². The molecule has 1 aliphatic rings. The van der Waals surface area contributed by atoms with E-state index in [1.54, 1.807) is 6.92 Å². The third-order valence-corrected chi connectivity index (χ3v) is 5.89. The average Bonchev–Trinajstić information content (AvgIpc) is 3.14. The van der Waals surface area contributed by atoms with Crippen molar-refractivity contribution >= 4 is 15.9 Å². The number of amides is 1. The van der Waals surface area contributed by atoms with Crippen molar-refractivity contribution in [2.24, 2.45) is 5.92 Å². The van der Waals surface area contributed by atoms with Crippen molar-refractivity contribution in [3.8, 4) is 17.2 Å². The number of hydrogen-bond acceptors (Lipinski definition) is 7. The summed E-state index contributed by atoms with van der Waals surface area (Å²) in [4.78, 5) is 16.8. The average molecular weight is 442 g/mol. The van der Waals surface area contributed by atoms with Crippen molar-refractivity contribution in [2.75, 3.05) is 12.5 Å². The molecule has 9 heteroatoms. The lowest BCUT2D eigenvalue weighted by atomic mass is 9.96. The van der Waals surface area contributed by atoms with E-state index in [9.17, 15) is 13.2 Å². The molecule has 0 radical (unpaired) electrons. The molecule has 1 atom stereocenters. The van der Waals surface area contributed by atoms with Gasteiger partial charge in [-0.05, 0) is 37.1 Å². The van der Waals surface area contributed by atoms with Crippen LogP contribution in [0.15, 0.2) is 59.0 Å². The molecule has 31 heavy (non-hydrogen) atoms. The Hall–Kier alpha value is -3.17. The second kappa shape index (κ2) is 8.91. The maximum Gasteiger partial charge on any atom is 0.259 e. The Morgan fingerprint density at radius 3 is 2.71 bits per heavy atom. The van der Waals surface area contributed by atoms with Gasteiger partial charge < -0.3 is 13.9 Å². The van der Waals surface area contributed by atoms with E-state index in [1.165, 1.54) is 0 Å². The van der Waals surface area contributed by atoms with Crippen LogP contribution in [0.3, 0.4) is 0 Å². The maximum absolute atomic E-state index is 12.4. The highest BCUT2D eigenvalue weighted by Gasteiger charge is 2.28. The van der Waals surface area contributed by atoms with Gasteiger partial charge >= 0.3 is 0 Å². The predicted molar refractivity (Wildman–Crippen MR) is 113 cm³/mol. The molecule has 8 nitrogen and oxygen atoms in total. The summed E-state index contributed by atoms with van der Waals surface area (Å²) in [5, 5.41) is 0. The first-order valence-corrected chi connectivity index (χ1v) is 11.4. The number of aromatic nitrogens is 1. The van der Waals surface area contributed by atoms with Gasteiger partial charge in [-0.15, -0.1) is 0 Å². The number of para-hydroxylation sites is 1. The van der Waals surface area contributed by atoms with Crippen molar-refractivity contribution in [2.45, 2.75) is 20.0 Å². The molecular formula is C22H22N2O6S. The van der Waals surface area contributed by atoms with Crippen LogP contribution in [0, 0.1) is 12.8 Å². The molecule has 4 rings (SSSR count). The van der Waals surface area contributed by atoms with Gasteiger partial charge in [0.2, 0.25) is 11.8 Å². The number of carbonyl (C=O) groups excluding carboxylic acids is 1. The monoisotopic (exact) mass is 442 g/mol. The molecule has 2 aromatic carbocycles. The van der Waals surface area contributed by atoms with E-state index in [0.717, 1.165) is 16.9 Å². The molecule has 1 N–H and O–H groups in total. The van der Waals surface area contributed by atoms with Crippen molar-refractivity contribution in [3.05, 3.63) is 71.6 Å². The minimum Gasteiger partial charge on any atom is -0.492 e. The third-order valence-electron chi connectivity index (χ3n) is 4.90. The van der Waals surface area contributed by atoms with Crippen LogP contribution in [-0.4, -0.2) is 31.9 Å². The number of oxazole rings is 1. The van der Waals surface area contributed by atoms with Gasteiger partial charge in [-0.2, -0.15) is 0 Å². The van der Waals surface area contributed by atoms with Gasteiger partial charge in [-0.3, -0.25) is 9.52 Å². The van der Waals surface area contributed by atoms with Crippen LogP contribution >= 0.6 is 0 Å². The van der Waals surface area contributed by atoms with Crippen molar-refractivity contribution < 1.29 is 27.1 Å². The summed E-state index contributed by atoms with van der Waals surface area (Å²) in [6, 6.07) is 16.7. The SMILES string of the molecule is Cc1oc(-c2ccccc2)nc1COCS(=O)(=O)NC(=O)C1COc2ccccc2C1. The van der Waals surface area contributed by atoms with Crippen LogP contribution in [0.5, 0.6) is 5.75 Å². The van der Waals surface area contributed by atoms with Crippen molar-refractivity contribution in [1.82, 2.24) is 9.71 Å². The summed E-state index contributed by atoms with van der Waals surface area (Å²) in [6.07, 6.45) is 0.415. The molecule has 0 saturated carbocycles. The molecule has 1 unspecified atom stereocenters. The second-order valence-electron chi connectivity index (χ2n) is 7.26. The van der Waals surface area contributed by atoms with Crippen LogP contribution in [0.2, 0.25) is 0 Å². The molecule has 0 bridgehead atoms. The number of carbonyl (C=O) groups is 1. The van der Waals surface area contributed by atoms with E-state index in [4.69, 9.17) is 13.9 Å². The molecule has 0 spiro atoms. The summed E-state index contributed by atoms with van der Waals surface area (Å²) in [6.45, 7) is 1.80. The fraction of sp³-hybridized carbons (Fsp3) is 0.273. The standard InChI is InChI=1S/C22H22N2O6S/c1-15-19(23-22(30-15)16-7-3-2-4-8-16)13-28-14-31(26,27)24-21(25)18-11-17-9-5-6-10-20(17)29-12-18/h2-10,18H,11-14H2,1H3,(H,24,25). The Morgan fingerprint density at radius 1 is 1.16 bits per heavy atom. The smallest absolute Gasteiger partial charge is 0.259 e. The van der Waals surface area contributed by atoms with Crippen molar-refractivity contribution in [3.63, 3.8) is 0 Å².